The van der Waals surface area contributed by atoms with Gasteiger partial charge in [-0.1, -0.05) is 42.5 Å². The van der Waals surface area contributed by atoms with E-state index in [9.17, 15) is 9.90 Å². The van der Waals surface area contributed by atoms with Gasteiger partial charge >= 0.3 is 5.97 Å². The lowest BCUT2D eigenvalue weighted by Gasteiger charge is -2.26. The van der Waals surface area contributed by atoms with Crippen LogP contribution in [-0.4, -0.2) is 42.1 Å². The summed E-state index contributed by atoms with van der Waals surface area (Å²) in [6.07, 6.45) is -0.454. The first-order valence-corrected chi connectivity index (χ1v) is 8.27. The fraction of sp³-hybridized carbons (Fsp3) is 0.350. The lowest BCUT2D eigenvalue weighted by Crippen LogP contribution is -2.41. The van der Waals surface area contributed by atoms with Gasteiger partial charge in [0.15, 0.2) is 0 Å². The number of rotatable bonds is 11. The minimum absolute atomic E-state index is 0.128. The standard InChI is InChI=1S/C20H24O6/c1-24-18-9-7-17(8-10-18)13-26-15-20(23,11-19(21)22)14-25-12-16-5-3-2-4-6-16/h2-10,23H,11-15H2,1H3,(H,21,22). The van der Waals surface area contributed by atoms with Crippen LogP contribution in [0.5, 0.6) is 5.75 Å². The molecule has 0 aliphatic carbocycles. The van der Waals surface area contributed by atoms with Gasteiger partial charge in [-0.05, 0) is 23.3 Å². The van der Waals surface area contributed by atoms with Crippen molar-refractivity contribution < 1.29 is 29.2 Å². The van der Waals surface area contributed by atoms with Crippen LogP contribution >= 0.6 is 0 Å². The summed E-state index contributed by atoms with van der Waals surface area (Å²) < 4.78 is 16.1. The molecule has 6 heteroatoms. The first-order valence-electron chi connectivity index (χ1n) is 8.27. The quantitative estimate of drug-likeness (QED) is 0.641. The van der Waals surface area contributed by atoms with E-state index in [0.717, 1.165) is 16.9 Å². The third kappa shape index (κ3) is 6.84. The topological polar surface area (TPSA) is 85.2 Å². The smallest absolute Gasteiger partial charge is 0.306 e. The van der Waals surface area contributed by atoms with Gasteiger partial charge in [0.25, 0.3) is 0 Å². The number of carboxylic acids is 1. The van der Waals surface area contributed by atoms with Crippen molar-refractivity contribution in [2.75, 3.05) is 20.3 Å². The summed E-state index contributed by atoms with van der Waals surface area (Å²) >= 11 is 0. The Morgan fingerprint density at radius 3 is 1.96 bits per heavy atom. The van der Waals surface area contributed by atoms with Gasteiger partial charge in [0.1, 0.15) is 11.4 Å². The monoisotopic (exact) mass is 360 g/mol. The van der Waals surface area contributed by atoms with Crippen molar-refractivity contribution in [1.82, 2.24) is 0 Å². The van der Waals surface area contributed by atoms with E-state index in [1.165, 1.54) is 0 Å². The number of carboxylic acid groups (broad SMARTS) is 1. The number of carbonyl (C=O) groups is 1. The lowest BCUT2D eigenvalue weighted by atomic mass is 10.0. The highest BCUT2D eigenvalue weighted by atomic mass is 16.5. The lowest BCUT2D eigenvalue weighted by molar-refractivity contribution is -0.152. The Balaban J connectivity index is 1.84. The van der Waals surface area contributed by atoms with E-state index in [0.29, 0.717) is 6.61 Å². The minimum Gasteiger partial charge on any atom is -0.497 e. The molecule has 0 aliphatic rings. The van der Waals surface area contributed by atoms with E-state index in [4.69, 9.17) is 19.3 Å². The zero-order valence-corrected chi connectivity index (χ0v) is 14.8. The largest absolute Gasteiger partial charge is 0.497 e. The summed E-state index contributed by atoms with van der Waals surface area (Å²) in [7, 11) is 1.59. The molecule has 140 valence electrons. The molecule has 0 saturated carbocycles. The third-order valence-corrected chi connectivity index (χ3v) is 3.76. The number of methoxy groups -OCH3 is 1. The fourth-order valence-electron chi connectivity index (χ4n) is 2.44. The summed E-state index contributed by atoms with van der Waals surface area (Å²) in [6, 6.07) is 16.8. The third-order valence-electron chi connectivity index (χ3n) is 3.76. The van der Waals surface area contributed by atoms with Gasteiger partial charge in [-0.25, -0.2) is 0 Å². The SMILES string of the molecule is COc1ccc(COCC(O)(COCc2ccccc2)CC(=O)O)cc1. The Bertz CT molecular complexity index is 670. The molecule has 0 radical (unpaired) electrons. The van der Waals surface area contributed by atoms with Gasteiger partial charge in [0.2, 0.25) is 0 Å². The molecular weight excluding hydrogens is 336 g/mol. The Labute approximate surface area is 152 Å². The van der Waals surface area contributed by atoms with Crippen LogP contribution in [0, 0.1) is 0 Å². The molecule has 1 unspecified atom stereocenters. The van der Waals surface area contributed by atoms with Crippen molar-refractivity contribution in [3.63, 3.8) is 0 Å². The van der Waals surface area contributed by atoms with Crippen molar-refractivity contribution in [3.8, 4) is 5.75 Å². The molecule has 26 heavy (non-hydrogen) atoms. The van der Waals surface area contributed by atoms with Crippen molar-refractivity contribution in [3.05, 3.63) is 65.7 Å². The van der Waals surface area contributed by atoms with Crippen LogP contribution in [0.4, 0.5) is 0 Å². The van der Waals surface area contributed by atoms with Crippen LogP contribution in [0.3, 0.4) is 0 Å². The first kappa shape index (κ1) is 19.9. The number of hydrogen-bond donors (Lipinski definition) is 2. The normalized spacial score (nSPS) is 13.2. The van der Waals surface area contributed by atoms with Gasteiger partial charge in [-0.3, -0.25) is 4.79 Å². The van der Waals surface area contributed by atoms with Crippen LogP contribution in [0.2, 0.25) is 0 Å². The summed E-state index contributed by atoms with van der Waals surface area (Å²) in [5.41, 5.74) is 0.255. The molecule has 0 saturated heterocycles. The number of aliphatic hydroxyl groups is 1. The molecule has 1 atom stereocenters. The molecule has 2 rings (SSSR count). The summed E-state index contributed by atoms with van der Waals surface area (Å²) in [6.45, 7) is 0.281. The molecule has 0 spiro atoms. The minimum atomic E-state index is -1.59. The highest BCUT2D eigenvalue weighted by Gasteiger charge is 2.31. The van der Waals surface area contributed by atoms with Crippen LogP contribution < -0.4 is 4.74 Å². The van der Waals surface area contributed by atoms with Gasteiger partial charge in [-0.2, -0.15) is 0 Å². The molecule has 2 aromatic rings. The van der Waals surface area contributed by atoms with E-state index in [1.807, 2.05) is 54.6 Å². The Morgan fingerprint density at radius 1 is 0.923 bits per heavy atom. The molecule has 0 bridgehead atoms. The van der Waals surface area contributed by atoms with Crippen LogP contribution in [0.1, 0.15) is 17.5 Å². The van der Waals surface area contributed by atoms with Crippen LogP contribution in [0.15, 0.2) is 54.6 Å². The molecule has 0 fully saturated rings. The molecule has 2 N–H and O–H groups in total. The van der Waals surface area contributed by atoms with E-state index >= 15 is 0 Å². The fourth-order valence-corrected chi connectivity index (χ4v) is 2.44. The van der Waals surface area contributed by atoms with Crippen molar-refractivity contribution in [2.45, 2.75) is 25.2 Å². The zero-order chi connectivity index (χ0) is 18.8. The summed E-state index contributed by atoms with van der Waals surface area (Å²) in [5, 5.41) is 19.6. The average molecular weight is 360 g/mol. The van der Waals surface area contributed by atoms with Crippen molar-refractivity contribution >= 4 is 5.97 Å². The molecule has 0 aromatic heterocycles. The van der Waals surface area contributed by atoms with Gasteiger partial charge in [0, 0.05) is 0 Å². The number of hydrogen-bond acceptors (Lipinski definition) is 5. The predicted octanol–water partition coefficient (Wildman–Crippen LogP) is 2.63. The van der Waals surface area contributed by atoms with Crippen molar-refractivity contribution in [1.29, 1.82) is 0 Å². The first-order chi connectivity index (χ1) is 12.5. The second kappa shape index (κ2) is 9.91. The van der Waals surface area contributed by atoms with Crippen LogP contribution in [0.25, 0.3) is 0 Å². The zero-order valence-electron chi connectivity index (χ0n) is 14.8. The molecule has 0 heterocycles. The van der Waals surface area contributed by atoms with Crippen molar-refractivity contribution in [2.24, 2.45) is 0 Å². The van der Waals surface area contributed by atoms with E-state index < -0.39 is 18.0 Å². The predicted molar refractivity (Wildman–Crippen MR) is 96.0 cm³/mol. The summed E-state index contributed by atoms with van der Waals surface area (Å²) in [4.78, 5) is 11.1. The van der Waals surface area contributed by atoms with Gasteiger partial charge < -0.3 is 24.4 Å². The highest BCUT2D eigenvalue weighted by molar-refractivity contribution is 5.68. The molecule has 2 aromatic carbocycles. The Kier molecular flexibility index (Phi) is 7.59. The maximum atomic E-state index is 11.1. The van der Waals surface area contributed by atoms with Gasteiger partial charge in [-0.15, -0.1) is 0 Å². The van der Waals surface area contributed by atoms with E-state index in [2.05, 4.69) is 0 Å². The second-order valence-corrected chi connectivity index (χ2v) is 6.11. The van der Waals surface area contributed by atoms with Crippen LogP contribution in [-0.2, 0) is 27.5 Å². The highest BCUT2D eigenvalue weighted by Crippen LogP contribution is 2.16. The van der Waals surface area contributed by atoms with E-state index in [-0.39, 0.29) is 19.8 Å². The average Bonchev–Trinajstić information content (AvgIpc) is 2.62. The van der Waals surface area contributed by atoms with Gasteiger partial charge in [0.05, 0.1) is 40.0 Å². The number of benzene rings is 2. The Hall–Kier alpha value is -2.41. The van der Waals surface area contributed by atoms with E-state index in [1.54, 1.807) is 7.11 Å². The molecule has 0 aliphatic heterocycles. The maximum absolute atomic E-state index is 11.1. The number of aliphatic carboxylic acids is 1. The molecule has 6 nitrogen and oxygen atoms in total. The molecule has 0 amide bonds. The Morgan fingerprint density at radius 2 is 1.46 bits per heavy atom. The summed E-state index contributed by atoms with van der Waals surface area (Å²) in [5.74, 6) is -0.366. The second-order valence-electron chi connectivity index (χ2n) is 6.11. The maximum Gasteiger partial charge on any atom is 0.306 e. The molecular formula is C20H24O6. The number of ether oxygens (including phenoxy) is 3.